The summed E-state index contributed by atoms with van der Waals surface area (Å²) in [6, 6.07) is 5.96. The molecule has 0 aliphatic rings. The molecule has 21 heavy (non-hydrogen) atoms. The monoisotopic (exact) mass is 792 g/mol. The standard InChI is InChI=1S/C12H3Br8N/c13-4-2-1-3-5(6(4)14)21(20)12-10(18)8(16)7(15)9(17)11(12)19/h1-3H. The second-order valence-electron chi connectivity index (χ2n) is 3.77. The highest BCUT2D eigenvalue weighted by atomic mass is 79.9. The fraction of sp³-hybridized carbons (Fsp3) is 0. The molecule has 9 heteroatoms. The first-order valence-electron chi connectivity index (χ1n) is 5.18. The summed E-state index contributed by atoms with van der Waals surface area (Å²) in [6.45, 7) is 0. The lowest BCUT2D eigenvalue weighted by molar-refractivity contribution is 1.35. The van der Waals surface area contributed by atoms with Crippen molar-refractivity contribution in [2.24, 2.45) is 0 Å². The molecule has 0 bridgehead atoms. The van der Waals surface area contributed by atoms with Gasteiger partial charge in [0, 0.05) is 17.9 Å². The summed E-state index contributed by atoms with van der Waals surface area (Å²) in [5.74, 6) is 0. The molecule has 0 saturated heterocycles. The van der Waals surface area contributed by atoms with E-state index >= 15 is 0 Å². The van der Waals surface area contributed by atoms with Crippen molar-refractivity contribution < 1.29 is 0 Å². The first-order chi connectivity index (χ1) is 9.77. The van der Waals surface area contributed by atoms with E-state index in [1.54, 1.807) is 0 Å². The summed E-state index contributed by atoms with van der Waals surface area (Å²) in [5.41, 5.74) is 1.89. The summed E-state index contributed by atoms with van der Waals surface area (Å²) in [5, 5.41) is 0. The minimum Gasteiger partial charge on any atom is -0.273 e. The number of rotatable bonds is 2. The van der Waals surface area contributed by atoms with Crippen molar-refractivity contribution in [1.82, 2.24) is 0 Å². The summed E-state index contributed by atoms with van der Waals surface area (Å²) in [7, 11) is 0. The van der Waals surface area contributed by atoms with Crippen molar-refractivity contribution in [1.29, 1.82) is 0 Å². The van der Waals surface area contributed by atoms with Gasteiger partial charge in [0.05, 0.1) is 40.9 Å². The summed E-state index contributed by atoms with van der Waals surface area (Å²) < 4.78 is 8.44. The van der Waals surface area contributed by atoms with Crippen LogP contribution in [0.5, 0.6) is 0 Å². The van der Waals surface area contributed by atoms with Gasteiger partial charge in [-0.15, -0.1) is 0 Å². The van der Waals surface area contributed by atoms with Crippen LogP contribution in [0.1, 0.15) is 0 Å². The summed E-state index contributed by atoms with van der Waals surface area (Å²) in [4.78, 5) is 0. The molecule has 0 aromatic heterocycles. The Bertz CT molecular complexity index is 686. The average molecular weight is 800 g/mol. The Kier molecular flexibility index (Phi) is 7.37. The first-order valence-corrected chi connectivity index (χ1v) is 11.4. The Morgan fingerprint density at radius 1 is 0.619 bits per heavy atom. The quantitative estimate of drug-likeness (QED) is 0.166. The van der Waals surface area contributed by atoms with Gasteiger partial charge in [0.1, 0.15) is 0 Å². The van der Waals surface area contributed by atoms with Gasteiger partial charge in [-0.3, -0.25) is 3.93 Å². The maximum atomic E-state index is 3.64. The lowest BCUT2D eigenvalue weighted by atomic mass is 10.2. The van der Waals surface area contributed by atoms with Crippen molar-refractivity contribution in [2.45, 2.75) is 0 Å². The maximum Gasteiger partial charge on any atom is 0.0833 e. The van der Waals surface area contributed by atoms with E-state index in [1.807, 2.05) is 22.1 Å². The van der Waals surface area contributed by atoms with E-state index in [1.165, 1.54) is 0 Å². The van der Waals surface area contributed by atoms with Crippen molar-refractivity contribution in [2.75, 3.05) is 3.93 Å². The predicted octanol–water partition coefficient (Wildman–Crippen LogP) is 9.47. The van der Waals surface area contributed by atoms with Crippen LogP contribution in [0.3, 0.4) is 0 Å². The molecule has 0 heterocycles. The predicted molar refractivity (Wildman–Crippen MR) is 118 cm³/mol. The van der Waals surface area contributed by atoms with Crippen molar-refractivity contribution in [3.8, 4) is 0 Å². The molecule has 0 atom stereocenters. The molecule has 0 N–H and O–H groups in total. The van der Waals surface area contributed by atoms with Gasteiger partial charge in [0.2, 0.25) is 0 Å². The Morgan fingerprint density at radius 3 is 1.62 bits per heavy atom. The van der Waals surface area contributed by atoms with Crippen LogP contribution < -0.4 is 3.93 Å². The Labute approximate surface area is 189 Å². The van der Waals surface area contributed by atoms with E-state index in [4.69, 9.17) is 0 Å². The second kappa shape index (κ2) is 7.97. The van der Waals surface area contributed by atoms with Crippen LogP contribution >= 0.6 is 128 Å². The average Bonchev–Trinajstić information content (AvgIpc) is 2.46. The molecule has 0 fully saturated rings. The molecule has 0 spiro atoms. The Balaban J connectivity index is 2.70. The third kappa shape index (κ3) is 3.85. The molecule has 2 aromatic rings. The fourth-order valence-corrected chi connectivity index (χ4v) is 7.07. The highest BCUT2D eigenvalue weighted by molar-refractivity contribution is 9.16. The van der Waals surface area contributed by atoms with Crippen LogP contribution in [0, 0.1) is 0 Å². The zero-order valence-electron chi connectivity index (χ0n) is 9.70. The van der Waals surface area contributed by atoms with Crippen molar-refractivity contribution in [3.63, 3.8) is 0 Å². The van der Waals surface area contributed by atoms with E-state index in [-0.39, 0.29) is 0 Å². The van der Waals surface area contributed by atoms with Gasteiger partial charge in [-0.25, -0.2) is 0 Å². The van der Waals surface area contributed by atoms with E-state index in [9.17, 15) is 0 Å². The number of halogens is 8. The third-order valence-corrected chi connectivity index (χ3v) is 11.3. The largest absolute Gasteiger partial charge is 0.273 e. The SMILES string of the molecule is Brc1cccc(N(Br)c2c(Br)c(Br)c(Br)c(Br)c2Br)c1Br. The summed E-state index contributed by atoms with van der Waals surface area (Å²) in [6.07, 6.45) is 0. The van der Waals surface area contributed by atoms with Crippen LogP contribution in [0.25, 0.3) is 0 Å². The molecule has 112 valence electrons. The van der Waals surface area contributed by atoms with Crippen LogP contribution in [0.2, 0.25) is 0 Å². The fourth-order valence-electron chi connectivity index (χ4n) is 1.53. The molecule has 0 radical (unpaired) electrons. The molecule has 0 saturated carbocycles. The highest BCUT2D eigenvalue weighted by Crippen LogP contribution is 2.52. The summed E-state index contributed by atoms with van der Waals surface area (Å²) >= 11 is 28.7. The third-order valence-electron chi connectivity index (χ3n) is 2.53. The molecular formula is C12H3Br8N. The Hall–Kier alpha value is 2.08. The lowest BCUT2D eigenvalue weighted by Crippen LogP contribution is -2.05. The van der Waals surface area contributed by atoms with Crippen LogP contribution in [-0.4, -0.2) is 0 Å². The van der Waals surface area contributed by atoms with E-state index in [0.29, 0.717) is 0 Å². The smallest absolute Gasteiger partial charge is 0.0833 e. The van der Waals surface area contributed by atoms with Crippen molar-refractivity contribution in [3.05, 3.63) is 49.5 Å². The maximum absolute atomic E-state index is 3.64. The van der Waals surface area contributed by atoms with Gasteiger partial charge < -0.3 is 0 Å². The van der Waals surface area contributed by atoms with Gasteiger partial charge in [0.15, 0.2) is 0 Å². The van der Waals surface area contributed by atoms with E-state index in [0.717, 1.165) is 42.7 Å². The molecule has 0 aliphatic heterocycles. The van der Waals surface area contributed by atoms with E-state index in [2.05, 4.69) is 128 Å². The minimum absolute atomic E-state index is 0.910. The molecular weight excluding hydrogens is 797 g/mol. The zero-order valence-corrected chi connectivity index (χ0v) is 22.4. The minimum atomic E-state index is 0.910. The van der Waals surface area contributed by atoms with Gasteiger partial charge in [-0.2, -0.15) is 0 Å². The normalized spacial score (nSPS) is 10.9. The lowest BCUT2D eigenvalue weighted by Gasteiger charge is -2.23. The van der Waals surface area contributed by atoms with Crippen LogP contribution in [-0.2, 0) is 0 Å². The molecule has 0 aliphatic carbocycles. The molecule has 1 nitrogen and oxygen atoms in total. The molecule has 2 rings (SSSR count). The second-order valence-corrected chi connectivity index (χ2v) is 10.1. The number of hydrogen-bond acceptors (Lipinski definition) is 1. The number of anilines is 2. The Morgan fingerprint density at radius 2 is 1.10 bits per heavy atom. The molecule has 0 unspecified atom stereocenters. The van der Waals surface area contributed by atoms with Crippen LogP contribution in [0.15, 0.2) is 49.5 Å². The van der Waals surface area contributed by atoms with Crippen molar-refractivity contribution >= 4 is 139 Å². The van der Waals surface area contributed by atoms with Gasteiger partial charge >= 0.3 is 0 Å². The topological polar surface area (TPSA) is 3.24 Å². The van der Waals surface area contributed by atoms with Gasteiger partial charge in [-0.1, -0.05) is 6.07 Å². The number of nitrogens with zero attached hydrogens (tertiary/aromatic N) is 1. The number of benzene rings is 2. The molecule has 0 amide bonds. The van der Waals surface area contributed by atoms with Gasteiger partial charge in [0.25, 0.3) is 0 Å². The van der Waals surface area contributed by atoms with E-state index < -0.39 is 0 Å². The molecule has 2 aromatic carbocycles. The zero-order chi connectivity index (χ0) is 15.9. The number of hydrogen-bond donors (Lipinski definition) is 0. The van der Waals surface area contributed by atoms with Crippen LogP contribution in [0.4, 0.5) is 11.4 Å². The first kappa shape index (κ1) is 19.4. The van der Waals surface area contributed by atoms with Gasteiger partial charge in [-0.05, 0) is 124 Å². The highest BCUT2D eigenvalue weighted by Gasteiger charge is 2.23.